The number of benzene rings is 1. The number of fused-ring (bicyclic) bond motifs is 1. The molecule has 0 aliphatic heterocycles. The van der Waals surface area contributed by atoms with Gasteiger partial charge in [-0.25, -0.2) is 4.98 Å². The van der Waals surface area contributed by atoms with Crippen LogP contribution in [0.25, 0.3) is 10.2 Å². The molecule has 0 unspecified atom stereocenters. The predicted molar refractivity (Wildman–Crippen MR) is 63.0 cm³/mol. The number of nitriles is 1. The van der Waals surface area contributed by atoms with E-state index in [0.717, 1.165) is 15.2 Å². The minimum absolute atomic E-state index is 0.490. The Balaban J connectivity index is 2.68. The Morgan fingerprint density at radius 3 is 2.73 bits per heavy atom. The molecule has 2 aromatic rings. The summed E-state index contributed by atoms with van der Waals surface area (Å²) < 4.78 is 1.16. The van der Waals surface area contributed by atoms with Crippen molar-refractivity contribution in [2.24, 2.45) is 0 Å². The highest BCUT2D eigenvalue weighted by Gasteiger charge is 2.24. The highest BCUT2D eigenvalue weighted by molar-refractivity contribution is 7.18. The molecule has 0 bridgehead atoms. The fourth-order valence-corrected chi connectivity index (χ4v) is 2.50. The Morgan fingerprint density at radius 2 is 2.13 bits per heavy atom. The molecule has 0 saturated heterocycles. The van der Waals surface area contributed by atoms with Gasteiger partial charge in [-0.1, -0.05) is 12.1 Å². The number of rotatable bonds is 1. The number of para-hydroxylation sites is 1. The van der Waals surface area contributed by atoms with Crippen LogP contribution in [0.3, 0.4) is 0 Å². The molecule has 1 aromatic heterocycles. The van der Waals surface area contributed by atoms with Gasteiger partial charge in [-0.05, 0) is 32.4 Å². The Morgan fingerprint density at radius 1 is 1.40 bits per heavy atom. The van der Waals surface area contributed by atoms with Gasteiger partial charge in [-0.3, -0.25) is 0 Å². The van der Waals surface area contributed by atoms with Gasteiger partial charge in [0.05, 0.1) is 16.3 Å². The van der Waals surface area contributed by atoms with Crippen LogP contribution in [-0.4, -0.2) is 4.98 Å². The summed E-state index contributed by atoms with van der Waals surface area (Å²) in [6, 6.07) is 8.41. The molecular formula is C12H12N2S. The van der Waals surface area contributed by atoms with Gasteiger partial charge in [0, 0.05) is 0 Å². The van der Waals surface area contributed by atoms with Crippen LogP contribution in [0.5, 0.6) is 0 Å². The summed E-state index contributed by atoms with van der Waals surface area (Å²) in [6.45, 7) is 5.85. The maximum absolute atomic E-state index is 9.06. The molecule has 0 radical (unpaired) electrons. The van der Waals surface area contributed by atoms with E-state index in [9.17, 15) is 0 Å². The quantitative estimate of drug-likeness (QED) is 0.732. The molecular weight excluding hydrogens is 204 g/mol. The number of nitrogens with zero attached hydrogens (tertiary/aromatic N) is 2. The van der Waals surface area contributed by atoms with Crippen LogP contribution in [-0.2, 0) is 5.41 Å². The van der Waals surface area contributed by atoms with E-state index in [1.54, 1.807) is 11.3 Å². The highest BCUT2D eigenvalue weighted by Crippen LogP contribution is 2.32. The van der Waals surface area contributed by atoms with Crippen LogP contribution < -0.4 is 0 Å². The van der Waals surface area contributed by atoms with E-state index in [-0.39, 0.29) is 0 Å². The summed E-state index contributed by atoms with van der Waals surface area (Å²) in [5, 5.41) is 9.96. The molecule has 0 atom stereocenters. The van der Waals surface area contributed by atoms with Crippen molar-refractivity contribution in [1.29, 1.82) is 5.26 Å². The van der Waals surface area contributed by atoms with E-state index in [1.807, 2.05) is 32.9 Å². The monoisotopic (exact) mass is 216 g/mol. The molecule has 2 rings (SSSR count). The van der Waals surface area contributed by atoms with E-state index in [0.29, 0.717) is 0 Å². The van der Waals surface area contributed by atoms with Crippen LogP contribution in [0.15, 0.2) is 18.2 Å². The number of hydrogen-bond acceptors (Lipinski definition) is 3. The summed E-state index contributed by atoms with van der Waals surface area (Å²) in [5.74, 6) is 0. The second-order valence-electron chi connectivity index (χ2n) is 4.18. The number of hydrogen-bond donors (Lipinski definition) is 0. The Hall–Kier alpha value is -1.40. The van der Waals surface area contributed by atoms with Gasteiger partial charge >= 0.3 is 0 Å². The third kappa shape index (κ3) is 1.62. The van der Waals surface area contributed by atoms with Crippen LogP contribution in [0.1, 0.15) is 24.4 Å². The van der Waals surface area contributed by atoms with Crippen molar-refractivity contribution in [3.8, 4) is 6.07 Å². The van der Waals surface area contributed by atoms with E-state index in [4.69, 9.17) is 5.26 Å². The molecule has 15 heavy (non-hydrogen) atoms. The molecule has 1 heterocycles. The third-order valence-electron chi connectivity index (χ3n) is 2.43. The van der Waals surface area contributed by atoms with Gasteiger partial charge in [0.1, 0.15) is 10.4 Å². The molecule has 0 saturated carbocycles. The zero-order valence-corrected chi connectivity index (χ0v) is 9.85. The summed E-state index contributed by atoms with van der Waals surface area (Å²) in [7, 11) is 0. The van der Waals surface area contributed by atoms with Crippen LogP contribution >= 0.6 is 11.3 Å². The first-order valence-corrected chi connectivity index (χ1v) is 5.64. The van der Waals surface area contributed by atoms with E-state index in [1.165, 1.54) is 5.56 Å². The zero-order chi connectivity index (χ0) is 11.1. The second-order valence-corrected chi connectivity index (χ2v) is 5.21. The smallest absolute Gasteiger partial charge is 0.114 e. The molecule has 0 amide bonds. The first-order valence-electron chi connectivity index (χ1n) is 4.82. The lowest BCUT2D eigenvalue weighted by Gasteiger charge is -2.09. The minimum Gasteiger partial charge on any atom is -0.239 e. The molecule has 0 aliphatic carbocycles. The van der Waals surface area contributed by atoms with Gasteiger partial charge in [0.2, 0.25) is 0 Å². The van der Waals surface area contributed by atoms with Gasteiger partial charge in [-0.15, -0.1) is 11.3 Å². The summed E-state index contributed by atoms with van der Waals surface area (Å²) in [4.78, 5) is 4.55. The zero-order valence-electron chi connectivity index (χ0n) is 9.03. The van der Waals surface area contributed by atoms with Gasteiger partial charge in [0.15, 0.2) is 0 Å². The third-order valence-corrected chi connectivity index (χ3v) is 3.78. The lowest BCUT2D eigenvalue weighted by Crippen LogP contribution is -2.12. The van der Waals surface area contributed by atoms with Crippen molar-refractivity contribution in [1.82, 2.24) is 4.98 Å². The van der Waals surface area contributed by atoms with Crippen molar-refractivity contribution in [3.05, 3.63) is 28.8 Å². The van der Waals surface area contributed by atoms with Gasteiger partial charge in [0.25, 0.3) is 0 Å². The lowest BCUT2D eigenvalue weighted by molar-refractivity contribution is 0.682. The lowest BCUT2D eigenvalue weighted by atomic mass is 9.97. The fourth-order valence-electron chi connectivity index (χ4n) is 1.40. The standard InChI is InChI=1S/C12H12N2S/c1-8-5-4-6-9-10(8)14-11(15-9)12(2,3)7-13/h4-6H,1-3H3. The van der Waals surface area contributed by atoms with E-state index < -0.39 is 5.41 Å². The first-order chi connectivity index (χ1) is 7.04. The van der Waals surface area contributed by atoms with E-state index in [2.05, 4.69) is 17.1 Å². The molecule has 0 aliphatic rings. The average Bonchev–Trinajstić information content (AvgIpc) is 2.64. The Kier molecular flexibility index (Phi) is 2.24. The average molecular weight is 216 g/mol. The first kappa shape index (κ1) is 10.1. The minimum atomic E-state index is -0.490. The molecule has 3 heteroatoms. The highest BCUT2D eigenvalue weighted by atomic mass is 32.1. The van der Waals surface area contributed by atoms with Crippen molar-refractivity contribution < 1.29 is 0 Å². The largest absolute Gasteiger partial charge is 0.239 e. The fraction of sp³-hybridized carbons (Fsp3) is 0.333. The molecule has 76 valence electrons. The topological polar surface area (TPSA) is 36.7 Å². The summed E-state index contributed by atoms with van der Waals surface area (Å²) >= 11 is 1.61. The van der Waals surface area contributed by atoms with Gasteiger partial charge in [-0.2, -0.15) is 5.26 Å². The number of thiazole rings is 1. The normalized spacial score (nSPS) is 11.6. The SMILES string of the molecule is Cc1cccc2sc(C(C)(C)C#N)nc12. The maximum Gasteiger partial charge on any atom is 0.114 e. The number of aromatic nitrogens is 1. The summed E-state index contributed by atoms with van der Waals surface area (Å²) in [5.41, 5.74) is 1.71. The molecule has 2 nitrogen and oxygen atoms in total. The molecule has 0 fully saturated rings. The molecule has 0 N–H and O–H groups in total. The molecule has 0 spiro atoms. The second kappa shape index (κ2) is 3.32. The Labute approximate surface area is 93.2 Å². The maximum atomic E-state index is 9.06. The van der Waals surface area contributed by atoms with Crippen molar-refractivity contribution in [2.75, 3.05) is 0 Å². The van der Waals surface area contributed by atoms with Crippen LogP contribution in [0, 0.1) is 18.3 Å². The van der Waals surface area contributed by atoms with Crippen molar-refractivity contribution in [2.45, 2.75) is 26.2 Å². The number of aryl methyl sites for hydroxylation is 1. The van der Waals surface area contributed by atoms with Crippen molar-refractivity contribution in [3.63, 3.8) is 0 Å². The van der Waals surface area contributed by atoms with Crippen molar-refractivity contribution >= 4 is 21.6 Å². The Bertz CT molecular complexity index is 546. The van der Waals surface area contributed by atoms with E-state index >= 15 is 0 Å². The molecule has 1 aromatic carbocycles. The van der Waals surface area contributed by atoms with Gasteiger partial charge < -0.3 is 0 Å². The van der Waals surface area contributed by atoms with Crippen LogP contribution in [0.4, 0.5) is 0 Å². The van der Waals surface area contributed by atoms with Crippen LogP contribution in [0.2, 0.25) is 0 Å². The summed E-state index contributed by atoms with van der Waals surface area (Å²) in [6.07, 6.45) is 0. The predicted octanol–water partition coefficient (Wildman–Crippen LogP) is 3.41.